The third-order valence-corrected chi connectivity index (χ3v) is 7.86. The standard InChI is InChI=1S/C37H58O5/c1-11-16-33(38)41-35-29(7)30(8)36(42-34(39)17-12-2)32(31(35)9)23-25-37(10,40)24-15-22-28(6)21-14-20-27(5)19-13-18-26(3)4/h18,20,22,40H,11-17,19,21,23-25H2,1-10H3/b27-20+,28-22+/t37-/m1/s1. The quantitative estimate of drug-likeness (QED) is 0.106. The van der Waals surface area contributed by atoms with Crippen LogP contribution in [0.25, 0.3) is 0 Å². The van der Waals surface area contributed by atoms with Gasteiger partial charge in [-0.15, -0.1) is 0 Å². The monoisotopic (exact) mass is 582 g/mol. The first-order valence-corrected chi connectivity index (χ1v) is 15.9. The molecule has 1 N–H and O–H groups in total. The van der Waals surface area contributed by atoms with Crippen LogP contribution in [0.2, 0.25) is 0 Å². The lowest BCUT2D eigenvalue weighted by molar-refractivity contribution is -0.135. The van der Waals surface area contributed by atoms with Crippen molar-refractivity contribution in [3.63, 3.8) is 0 Å². The fourth-order valence-electron chi connectivity index (χ4n) is 4.97. The fourth-order valence-corrected chi connectivity index (χ4v) is 4.97. The predicted octanol–water partition coefficient (Wildman–Crippen LogP) is 9.91. The van der Waals surface area contributed by atoms with Gasteiger partial charge in [-0.2, -0.15) is 0 Å². The molecule has 1 rings (SSSR count). The summed E-state index contributed by atoms with van der Waals surface area (Å²) in [6.07, 6.45) is 15.7. The van der Waals surface area contributed by atoms with Gasteiger partial charge < -0.3 is 14.6 Å². The average molecular weight is 583 g/mol. The molecule has 0 heterocycles. The summed E-state index contributed by atoms with van der Waals surface area (Å²) in [5.41, 5.74) is 6.45. The van der Waals surface area contributed by atoms with E-state index in [1.807, 2.05) is 41.5 Å². The summed E-state index contributed by atoms with van der Waals surface area (Å²) in [6, 6.07) is 0. The summed E-state index contributed by atoms with van der Waals surface area (Å²) in [6.45, 7) is 20.1. The average Bonchev–Trinajstić information content (AvgIpc) is 2.89. The Morgan fingerprint density at radius 3 is 1.69 bits per heavy atom. The molecular weight excluding hydrogens is 524 g/mol. The second kappa shape index (κ2) is 18.8. The van der Waals surface area contributed by atoms with Crippen LogP contribution in [0.5, 0.6) is 11.5 Å². The van der Waals surface area contributed by atoms with E-state index in [-0.39, 0.29) is 11.9 Å². The van der Waals surface area contributed by atoms with Crippen LogP contribution in [-0.4, -0.2) is 22.6 Å². The van der Waals surface area contributed by atoms with Crippen LogP contribution in [0.4, 0.5) is 0 Å². The van der Waals surface area contributed by atoms with E-state index in [0.717, 1.165) is 54.4 Å². The Kier molecular flexibility index (Phi) is 16.7. The fraction of sp³-hybridized carbons (Fsp3) is 0.622. The Hall–Kier alpha value is -2.66. The number of hydrogen-bond acceptors (Lipinski definition) is 5. The molecule has 0 unspecified atom stereocenters. The summed E-state index contributed by atoms with van der Waals surface area (Å²) in [5, 5.41) is 11.3. The minimum Gasteiger partial charge on any atom is -0.426 e. The van der Waals surface area contributed by atoms with Crippen molar-refractivity contribution in [2.45, 2.75) is 152 Å². The Bertz CT molecular complexity index is 1130. The number of hydrogen-bond donors (Lipinski definition) is 1. The molecule has 42 heavy (non-hydrogen) atoms. The number of allylic oxidation sites excluding steroid dienone is 6. The molecule has 0 spiro atoms. The van der Waals surface area contributed by atoms with E-state index in [1.165, 1.54) is 16.7 Å². The third kappa shape index (κ3) is 13.5. The smallest absolute Gasteiger partial charge is 0.311 e. The summed E-state index contributed by atoms with van der Waals surface area (Å²) in [7, 11) is 0. The molecule has 1 aromatic rings. The molecule has 0 amide bonds. The third-order valence-electron chi connectivity index (χ3n) is 7.86. The molecule has 1 aromatic carbocycles. The highest BCUT2D eigenvalue weighted by Crippen LogP contribution is 2.40. The minimum atomic E-state index is -0.896. The highest BCUT2D eigenvalue weighted by atomic mass is 16.5. The van der Waals surface area contributed by atoms with Gasteiger partial charge in [-0.3, -0.25) is 9.59 Å². The number of rotatable bonds is 18. The van der Waals surface area contributed by atoms with Gasteiger partial charge in [0, 0.05) is 18.4 Å². The maximum atomic E-state index is 12.5. The minimum absolute atomic E-state index is 0.270. The highest BCUT2D eigenvalue weighted by molar-refractivity contribution is 5.76. The van der Waals surface area contributed by atoms with Gasteiger partial charge in [0.05, 0.1) is 5.60 Å². The van der Waals surface area contributed by atoms with Crippen molar-refractivity contribution in [1.29, 1.82) is 0 Å². The van der Waals surface area contributed by atoms with Crippen molar-refractivity contribution in [2.24, 2.45) is 0 Å². The molecule has 0 radical (unpaired) electrons. The largest absolute Gasteiger partial charge is 0.426 e. The van der Waals surface area contributed by atoms with Crippen molar-refractivity contribution >= 4 is 11.9 Å². The molecule has 0 bridgehead atoms. The second-order valence-corrected chi connectivity index (χ2v) is 12.5. The number of esters is 2. The van der Waals surface area contributed by atoms with Gasteiger partial charge in [-0.25, -0.2) is 0 Å². The van der Waals surface area contributed by atoms with E-state index >= 15 is 0 Å². The Morgan fingerprint density at radius 1 is 0.690 bits per heavy atom. The van der Waals surface area contributed by atoms with Gasteiger partial charge in [0.15, 0.2) is 0 Å². The Balaban J connectivity index is 2.97. The van der Waals surface area contributed by atoms with Crippen LogP contribution in [0.1, 0.15) is 141 Å². The van der Waals surface area contributed by atoms with Crippen LogP contribution < -0.4 is 9.47 Å². The van der Waals surface area contributed by atoms with E-state index in [9.17, 15) is 14.7 Å². The lowest BCUT2D eigenvalue weighted by Gasteiger charge is -2.26. The maximum absolute atomic E-state index is 12.5. The summed E-state index contributed by atoms with van der Waals surface area (Å²) >= 11 is 0. The van der Waals surface area contributed by atoms with Crippen molar-refractivity contribution in [3.05, 3.63) is 57.2 Å². The molecular formula is C37H58O5. The second-order valence-electron chi connectivity index (χ2n) is 12.5. The van der Waals surface area contributed by atoms with E-state index < -0.39 is 5.60 Å². The molecule has 236 valence electrons. The number of ether oxygens (including phenoxy) is 2. The number of benzene rings is 1. The molecule has 1 atom stereocenters. The highest BCUT2D eigenvalue weighted by Gasteiger charge is 2.26. The number of carbonyl (C=O) groups is 2. The van der Waals surface area contributed by atoms with E-state index in [0.29, 0.717) is 56.4 Å². The molecule has 0 aliphatic heterocycles. The Morgan fingerprint density at radius 2 is 1.17 bits per heavy atom. The molecule has 0 saturated carbocycles. The van der Waals surface area contributed by atoms with Crippen LogP contribution in [0.15, 0.2) is 34.9 Å². The first-order chi connectivity index (χ1) is 19.7. The molecule has 0 aliphatic rings. The SMILES string of the molecule is CCCC(=O)Oc1c(C)c(C)c(OC(=O)CCC)c(CC[C@](C)(O)CC/C=C(\C)CC/C=C(\C)CCC=C(C)C)c1C. The van der Waals surface area contributed by atoms with Gasteiger partial charge >= 0.3 is 11.9 Å². The summed E-state index contributed by atoms with van der Waals surface area (Å²) < 4.78 is 11.7. The predicted molar refractivity (Wildman–Crippen MR) is 175 cm³/mol. The zero-order valence-electron chi connectivity index (χ0n) is 28.3. The first-order valence-electron chi connectivity index (χ1n) is 15.9. The van der Waals surface area contributed by atoms with Gasteiger partial charge in [-0.05, 0) is 136 Å². The molecule has 0 saturated heterocycles. The lowest BCUT2D eigenvalue weighted by atomic mass is 9.88. The first kappa shape index (κ1) is 37.4. The summed E-state index contributed by atoms with van der Waals surface area (Å²) in [4.78, 5) is 24.9. The van der Waals surface area contributed by atoms with Crippen molar-refractivity contribution in [1.82, 2.24) is 0 Å². The van der Waals surface area contributed by atoms with E-state index in [2.05, 4.69) is 45.9 Å². The van der Waals surface area contributed by atoms with Gasteiger partial charge in [0.2, 0.25) is 0 Å². The van der Waals surface area contributed by atoms with Crippen molar-refractivity contribution in [3.8, 4) is 11.5 Å². The topological polar surface area (TPSA) is 72.8 Å². The lowest BCUT2D eigenvalue weighted by Crippen LogP contribution is -2.25. The van der Waals surface area contributed by atoms with E-state index in [1.54, 1.807) is 0 Å². The normalized spacial score (nSPS) is 13.5. The van der Waals surface area contributed by atoms with Crippen molar-refractivity contribution < 1.29 is 24.2 Å². The number of carbonyl (C=O) groups excluding carboxylic acids is 2. The van der Waals surface area contributed by atoms with Gasteiger partial charge in [-0.1, -0.05) is 48.8 Å². The number of aliphatic hydroxyl groups is 1. The molecule has 5 nitrogen and oxygen atoms in total. The Labute approximate surface area is 256 Å². The van der Waals surface area contributed by atoms with Gasteiger partial charge in [0.1, 0.15) is 11.5 Å². The van der Waals surface area contributed by atoms with Crippen molar-refractivity contribution in [2.75, 3.05) is 0 Å². The van der Waals surface area contributed by atoms with Crippen LogP contribution >= 0.6 is 0 Å². The van der Waals surface area contributed by atoms with Crippen LogP contribution in [0.3, 0.4) is 0 Å². The van der Waals surface area contributed by atoms with Crippen LogP contribution in [0, 0.1) is 20.8 Å². The molecule has 0 fully saturated rings. The van der Waals surface area contributed by atoms with Gasteiger partial charge in [0.25, 0.3) is 0 Å². The summed E-state index contributed by atoms with van der Waals surface area (Å²) in [5.74, 6) is 0.528. The zero-order valence-corrected chi connectivity index (χ0v) is 28.3. The molecule has 0 aromatic heterocycles. The van der Waals surface area contributed by atoms with Crippen LogP contribution in [-0.2, 0) is 16.0 Å². The zero-order chi connectivity index (χ0) is 31.9. The molecule has 0 aliphatic carbocycles. The molecule has 5 heteroatoms. The van der Waals surface area contributed by atoms with E-state index in [4.69, 9.17) is 9.47 Å². The maximum Gasteiger partial charge on any atom is 0.311 e.